The molecule has 1 aromatic heterocycles. The minimum Gasteiger partial charge on any atom is -0.350 e. The molecule has 0 atom stereocenters. The van der Waals surface area contributed by atoms with Crippen LogP contribution in [0, 0.1) is 5.92 Å². The second-order valence-corrected chi connectivity index (χ2v) is 6.13. The average Bonchev–Trinajstić information content (AvgIpc) is 2.38. The van der Waals surface area contributed by atoms with Crippen LogP contribution in [0.1, 0.15) is 36.2 Å². The van der Waals surface area contributed by atoms with Crippen LogP contribution in [0.15, 0.2) is 22.8 Å². The van der Waals surface area contributed by atoms with E-state index in [1.807, 2.05) is 6.07 Å². The molecular weight excluding hydrogens is 316 g/mol. The van der Waals surface area contributed by atoms with Crippen LogP contribution in [0.5, 0.6) is 0 Å². The van der Waals surface area contributed by atoms with E-state index >= 15 is 0 Å². The molecule has 0 spiro atoms. The zero-order valence-corrected chi connectivity index (χ0v) is 12.4. The highest BCUT2D eigenvalue weighted by atomic mass is 79.9. The molecule has 2 rings (SSSR count). The largest absolute Gasteiger partial charge is 0.350 e. The van der Waals surface area contributed by atoms with E-state index in [4.69, 9.17) is 11.6 Å². The second kappa shape index (κ2) is 6.53. The molecule has 0 bridgehead atoms. The summed E-state index contributed by atoms with van der Waals surface area (Å²) in [6.45, 7) is 0.714. The summed E-state index contributed by atoms with van der Waals surface area (Å²) >= 11 is 9.39. The van der Waals surface area contributed by atoms with Crippen molar-refractivity contribution in [2.45, 2.75) is 31.1 Å². The smallest absolute Gasteiger partial charge is 0.271 e. The van der Waals surface area contributed by atoms with E-state index in [1.54, 1.807) is 12.3 Å². The van der Waals surface area contributed by atoms with E-state index in [2.05, 4.69) is 26.2 Å². The van der Waals surface area contributed by atoms with Crippen LogP contribution in [0.25, 0.3) is 0 Å². The molecule has 1 aliphatic rings. The molecule has 1 amide bonds. The first kappa shape index (κ1) is 13.8. The van der Waals surface area contributed by atoms with Crippen molar-refractivity contribution in [2.75, 3.05) is 6.54 Å². The van der Waals surface area contributed by atoms with Gasteiger partial charge in [-0.3, -0.25) is 4.79 Å². The van der Waals surface area contributed by atoms with Crippen LogP contribution < -0.4 is 5.32 Å². The summed E-state index contributed by atoms with van der Waals surface area (Å²) in [6.07, 6.45) is 5.92. The molecule has 0 aliphatic heterocycles. The quantitative estimate of drug-likeness (QED) is 0.863. The fraction of sp³-hybridized carbons (Fsp3) is 0.538. The van der Waals surface area contributed by atoms with Crippen molar-refractivity contribution < 1.29 is 4.79 Å². The van der Waals surface area contributed by atoms with E-state index in [-0.39, 0.29) is 5.91 Å². The van der Waals surface area contributed by atoms with E-state index in [0.29, 0.717) is 23.5 Å². The van der Waals surface area contributed by atoms with Crippen molar-refractivity contribution in [1.29, 1.82) is 0 Å². The SMILES string of the molecule is O=C(NCC1CCC(Cl)CC1)c1ncccc1Br. The third-order valence-corrected chi connectivity index (χ3v) is 4.38. The fourth-order valence-electron chi connectivity index (χ4n) is 2.20. The van der Waals surface area contributed by atoms with Crippen LogP contribution in [-0.2, 0) is 0 Å². The lowest BCUT2D eigenvalue weighted by atomic mass is 9.89. The molecule has 0 saturated heterocycles. The van der Waals surface area contributed by atoms with Gasteiger partial charge in [0.1, 0.15) is 5.69 Å². The number of nitrogens with one attached hydrogen (secondary N) is 1. The van der Waals surface area contributed by atoms with Crippen molar-refractivity contribution >= 4 is 33.4 Å². The average molecular weight is 332 g/mol. The van der Waals surface area contributed by atoms with Crippen LogP contribution in [0.3, 0.4) is 0 Å². The second-order valence-electron chi connectivity index (χ2n) is 4.66. The van der Waals surface area contributed by atoms with Gasteiger partial charge in [-0.25, -0.2) is 4.98 Å². The number of hydrogen-bond acceptors (Lipinski definition) is 2. The fourth-order valence-corrected chi connectivity index (χ4v) is 2.89. The number of pyridine rings is 1. The van der Waals surface area contributed by atoms with Gasteiger partial charge in [0, 0.05) is 22.6 Å². The summed E-state index contributed by atoms with van der Waals surface area (Å²) in [5.74, 6) is 0.432. The van der Waals surface area contributed by atoms with Crippen molar-refractivity contribution in [3.8, 4) is 0 Å². The standard InChI is InChI=1S/C13H16BrClN2O/c14-11-2-1-7-16-12(11)13(18)17-8-9-3-5-10(15)6-4-9/h1-2,7,9-10H,3-6,8H2,(H,17,18). The topological polar surface area (TPSA) is 42.0 Å². The molecule has 0 radical (unpaired) electrons. The first-order chi connectivity index (χ1) is 8.66. The molecule has 1 aliphatic carbocycles. The lowest BCUT2D eigenvalue weighted by molar-refractivity contribution is 0.0938. The summed E-state index contributed by atoms with van der Waals surface area (Å²) in [5, 5.41) is 3.27. The number of alkyl halides is 1. The number of hydrogen-bond donors (Lipinski definition) is 1. The highest BCUT2D eigenvalue weighted by Gasteiger charge is 2.20. The number of carbonyl (C=O) groups is 1. The third-order valence-electron chi connectivity index (χ3n) is 3.30. The lowest BCUT2D eigenvalue weighted by Gasteiger charge is -2.25. The predicted octanol–water partition coefficient (Wildman–Crippen LogP) is 3.37. The van der Waals surface area contributed by atoms with E-state index < -0.39 is 0 Å². The van der Waals surface area contributed by atoms with Gasteiger partial charge >= 0.3 is 0 Å². The van der Waals surface area contributed by atoms with Gasteiger partial charge in [-0.15, -0.1) is 11.6 Å². The van der Waals surface area contributed by atoms with Crippen LogP contribution in [-0.4, -0.2) is 22.8 Å². The maximum atomic E-state index is 11.9. The maximum Gasteiger partial charge on any atom is 0.271 e. The highest BCUT2D eigenvalue weighted by molar-refractivity contribution is 9.10. The third kappa shape index (κ3) is 3.69. The van der Waals surface area contributed by atoms with Crippen LogP contribution >= 0.6 is 27.5 Å². The normalized spacial score (nSPS) is 23.7. The van der Waals surface area contributed by atoms with Gasteiger partial charge in [-0.1, -0.05) is 0 Å². The molecule has 18 heavy (non-hydrogen) atoms. The molecule has 1 saturated carbocycles. The Bertz CT molecular complexity index is 419. The number of aromatic nitrogens is 1. The number of nitrogens with zero attached hydrogens (tertiary/aromatic N) is 1. The maximum absolute atomic E-state index is 11.9. The summed E-state index contributed by atoms with van der Waals surface area (Å²) in [6, 6.07) is 3.61. The van der Waals surface area contributed by atoms with Crippen molar-refractivity contribution in [3.05, 3.63) is 28.5 Å². The molecule has 1 N–H and O–H groups in total. The Morgan fingerprint density at radius 3 is 2.83 bits per heavy atom. The first-order valence-electron chi connectivity index (χ1n) is 6.19. The number of amides is 1. The van der Waals surface area contributed by atoms with Gasteiger partial charge in [0.15, 0.2) is 0 Å². The molecule has 3 nitrogen and oxygen atoms in total. The summed E-state index contributed by atoms with van der Waals surface area (Å²) in [4.78, 5) is 16.0. The van der Waals surface area contributed by atoms with E-state index in [9.17, 15) is 4.79 Å². The summed E-state index contributed by atoms with van der Waals surface area (Å²) in [5.41, 5.74) is 0.448. The molecule has 0 unspecified atom stereocenters. The van der Waals surface area contributed by atoms with Gasteiger partial charge in [0.25, 0.3) is 5.91 Å². The Labute approximate surface area is 120 Å². The van der Waals surface area contributed by atoms with Gasteiger partial charge in [0.05, 0.1) is 0 Å². The first-order valence-corrected chi connectivity index (χ1v) is 7.42. The Morgan fingerprint density at radius 2 is 2.17 bits per heavy atom. The van der Waals surface area contributed by atoms with Crippen molar-refractivity contribution in [1.82, 2.24) is 10.3 Å². The van der Waals surface area contributed by atoms with Gasteiger partial charge in [0.2, 0.25) is 0 Å². The summed E-state index contributed by atoms with van der Waals surface area (Å²) in [7, 11) is 0. The van der Waals surface area contributed by atoms with Crippen LogP contribution in [0.4, 0.5) is 0 Å². The molecule has 5 heteroatoms. The van der Waals surface area contributed by atoms with Crippen molar-refractivity contribution in [2.24, 2.45) is 5.92 Å². The number of carbonyl (C=O) groups excluding carboxylic acids is 1. The van der Waals surface area contributed by atoms with Gasteiger partial charge in [-0.05, 0) is 59.7 Å². The predicted molar refractivity (Wildman–Crippen MR) is 75.9 cm³/mol. The molecule has 1 aromatic rings. The Kier molecular flexibility index (Phi) is 5.01. The summed E-state index contributed by atoms with van der Waals surface area (Å²) < 4.78 is 0.729. The molecular formula is C13H16BrClN2O. The monoisotopic (exact) mass is 330 g/mol. The van der Waals surface area contributed by atoms with Crippen molar-refractivity contribution in [3.63, 3.8) is 0 Å². The Morgan fingerprint density at radius 1 is 1.44 bits per heavy atom. The molecule has 0 aromatic carbocycles. The van der Waals surface area contributed by atoms with Gasteiger partial charge in [-0.2, -0.15) is 0 Å². The lowest BCUT2D eigenvalue weighted by Crippen LogP contribution is -2.32. The zero-order chi connectivity index (χ0) is 13.0. The molecule has 1 heterocycles. The van der Waals surface area contributed by atoms with Gasteiger partial charge < -0.3 is 5.32 Å². The number of halogens is 2. The molecule has 98 valence electrons. The Hall–Kier alpha value is -0.610. The van der Waals surface area contributed by atoms with E-state index in [0.717, 1.165) is 30.2 Å². The minimum absolute atomic E-state index is 0.115. The zero-order valence-electron chi connectivity index (χ0n) is 10.0. The molecule has 1 fully saturated rings. The highest BCUT2D eigenvalue weighted by Crippen LogP contribution is 2.27. The number of rotatable bonds is 3. The Balaban J connectivity index is 1.84. The van der Waals surface area contributed by atoms with E-state index in [1.165, 1.54) is 0 Å². The minimum atomic E-state index is -0.115. The van der Waals surface area contributed by atoms with Crippen LogP contribution in [0.2, 0.25) is 0 Å².